The van der Waals surface area contributed by atoms with Gasteiger partial charge in [-0.3, -0.25) is 0 Å². The lowest BCUT2D eigenvalue weighted by Gasteiger charge is -2.22. The molecule has 0 bridgehead atoms. The fourth-order valence-electron chi connectivity index (χ4n) is 1.80. The Kier molecular flexibility index (Phi) is 5.01. The number of hydrogen-bond donors (Lipinski definition) is 1. The van der Waals surface area contributed by atoms with Gasteiger partial charge in [0.1, 0.15) is 5.75 Å². The Balaban J connectivity index is 2.36. The molecule has 17 heavy (non-hydrogen) atoms. The summed E-state index contributed by atoms with van der Waals surface area (Å²) in [6, 6.07) is 6.30. The van der Waals surface area contributed by atoms with Crippen LogP contribution in [0.2, 0.25) is 0 Å². The van der Waals surface area contributed by atoms with Crippen molar-refractivity contribution in [1.29, 1.82) is 0 Å². The first kappa shape index (κ1) is 14.0. The zero-order valence-electron chi connectivity index (χ0n) is 11.5. The van der Waals surface area contributed by atoms with E-state index in [1.807, 2.05) is 0 Å². The average molecular weight is 235 g/mol. The van der Waals surface area contributed by atoms with Gasteiger partial charge in [0.05, 0.1) is 6.61 Å². The summed E-state index contributed by atoms with van der Waals surface area (Å²) in [7, 11) is 0. The van der Waals surface area contributed by atoms with E-state index in [-0.39, 0.29) is 5.41 Å². The van der Waals surface area contributed by atoms with Gasteiger partial charge in [-0.2, -0.15) is 0 Å². The third-order valence-electron chi connectivity index (χ3n) is 3.14. The minimum atomic E-state index is 0.228. The molecule has 0 aromatic heterocycles. The third-order valence-corrected chi connectivity index (χ3v) is 3.14. The Morgan fingerprint density at radius 1 is 1.24 bits per heavy atom. The predicted molar refractivity (Wildman–Crippen MR) is 73.5 cm³/mol. The topological polar surface area (TPSA) is 35.2 Å². The van der Waals surface area contributed by atoms with Crippen molar-refractivity contribution in [2.24, 2.45) is 11.1 Å². The summed E-state index contributed by atoms with van der Waals surface area (Å²) in [4.78, 5) is 0. The lowest BCUT2D eigenvalue weighted by Crippen LogP contribution is -2.24. The van der Waals surface area contributed by atoms with Gasteiger partial charge < -0.3 is 10.5 Å². The summed E-state index contributed by atoms with van der Waals surface area (Å²) in [5, 5.41) is 0. The number of hydrogen-bond acceptors (Lipinski definition) is 2. The lowest BCUT2D eigenvalue weighted by molar-refractivity contribution is 0.260. The Bertz CT molecular complexity index is 358. The molecule has 0 unspecified atom stereocenters. The molecule has 2 nitrogen and oxygen atoms in total. The largest absolute Gasteiger partial charge is 0.493 e. The first-order chi connectivity index (χ1) is 7.94. The Labute approximate surface area is 105 Å². The van der Waals surface area contributed by atoms with Crippen LogP contribution in [0.1, 0.15) is 37.8 Å². The van der Waals surface area contributed by atoms with E-state index in [9.17, 15) is 0 Å². The quantitative estimate of drug-likeness (QED) is 0.766. The fourth-order valence-corrected chi connectivity index (χ4v) is 1.80. The number of ether oxygens (including phenoxy) is 1. The van der Waals surface area contributed by atoms with E-state index >= 15 is 0 Å². The monoisotopic (exact) mass is 235 g/mol. The van der Waals surface area contributed by atoms with Crippen molar-refractivity contribution >= 4 is 0 Å². The maximum Gasteiger partial charge on any atom is 0.122 e. The minimum absolute atomic E-state index is 0.228. The minimum Gasteiger partial charge on any atom is -0.493 e. The van der Waals surface area contributed by atoms with E-state index in [1.165, 1.54) is 11.1 Å². The third kappa shape index (κ3) is 4.78. The fraction of sp³-hybridized carbons (Fsp3) is 0.600. The van der Waals surface area contributed by atoms with Gasteiger partial charge in [-0.25, -0.2) is 0 Å². The maximum atomic E-state index is 5.79. The molecule has 0 aliphatic rings. The summed E-state index contributed by atoms with van der Waals surface area (Å²) >= 11 is 0. The second-order valence-corrected chi connectivity index (χ2v) is 5.59. The highest BCUT2D eigenvalue weighted by atomic mass is 16.5. The molecule has 0 heterocycles. The lowest BCUT2D eigenvalue weighted by atomic mass is 9.88. The van der Waals surface area contributed by atoms with Gasteiger partial charge in [0, 0.05) is 0 Å². The molecule has 0 fully saturated rings. The van der Waals surface area contributed by atoms with Crippen molar-refractivity contribution in [3.63, 3.8) is 0 Å². The van der Waals surface area contributed by atoms with Gasteiger partial charge >= 0.3 is 0 Å². The summed E-state index contributed by atoms with van der Waals surface area (Å²) in [5.74, 6) is 1.00. The van der Waals surface area contributed by atoms with E-state index in [2.05, 4.69) is 45.9 Å². The van der Waals surface area contributed by atoms with Crippen LogP contribution in [0.15, 0.2) is 18.2 Å². The number of rotatable bonds is 6. The van der Waals surface area contributed by atoms with Gasteiger partial charge in [0.15, 0.2) is 0 Å². The highest BCUT2D eigenvalue weighted by Gasteiger charge is 2.14. The highest BCUT2D eigenvalue weighted by molar-refractivity contribution is 5.35. The average Bonchev–Trinajstić information content (AvgIpc) is 2.27. The SMILES string of the molecule is Cc1ccc(OCCCC(C)(C)CN)c(C)c1. The summed E-state index contributed by atoms with van der Waals surface area (Å²) in [5.41, 5.74) is 8.42. The Hall–Kier alpha value is -1.02. The number of aryl methyl sites for hydroxylation is 2. The summed E-state index contributed by atoms with van der Waals surface area (Å²) in [6.45, 7) is 10.1. The number of benzene rings is 1. The van der Waals surface area contributed by atoms with Gasteiger partial charge in [0.25, 0.3) is 0 Å². The molecule has 1 rings (SSSR count). The van der Waals surface area contributed by atoms with Gasteiger partial charge in [-0.05, 0) is 50.3 Å². The molecule has 0 saturated carbocycles. The van der Waals surface area contributed by atoms with Gasteiger partial charge in [0.2, 0.25) is 0 Å². The molecule has 1 aromatic rings. The van der Waals surface area contributed by atoms with E-state index in [4.69, 9.17) is 10.5 Å². The molecule has 2 N–H and O–H groups in total. The van der Waals surface area contributed by atoms with E-state index in [0.717, 1.165) is 31.7 Å². The van der Waals surface area contributed by atoms with Crippen LogP contribution in [0, 0.1) is 19.3 Å². The van der Waals surface area contributed by atoms with Crippen molar-refractivity contribution in [3.05, 3.63) is 29.3 Å². The van der Waals surface area contributed by atoms with E-state index in [1.54, 1.807) is 0 Å². The van der Waals surface area contributed by atoms with Crippen LogP contribution in [0.3, 0.4) is 0 Å². The first-order valence-corrected chi connectivity index (χ1v) is 6.35. The van der Waals surface area contributed by atoms with Crippen LogP contribution < -0.4 is 10.5 Å². The molecule has 0 radical (unpaired) electrons. The molecule has 96 valence electrons. The van der Waals surface area contributed by atoms with Gasteiger partial charge in [-0.1, -0.05) is 31.5 Å². The van der Waals surface area contributed by atoms with Crippen molar-refractivity contribution in [1.82, 2.24) is 0 Å². The zero-order valence-corrected chi connectivity index (χ0v) is 11.5. The van der Waals surface area contributed by atoms with Crippen LogP contribution in [0.25, 0.3) is 0 Å². The van der Waals surface area contributed by atoms with Crippen LogP contribution in [0.4, 0.5) is 0 Å². The highest BCUT2D eigenvalue weighted by Crippen LogP contribution is 2.22. The molecule has 0 amide bonds. The number of nitrogens with two attached hydrogens (primary N) is 1. The van der Waals surface area contributed by atoms with Crippen LogP contribution in [-0.2, 0) is 0 Å². The van der Waals surface area contributed by atoms with Crippen molar-refractivity contribution in [2.45, 2.75) is 40.5 Å². The molecular formula is C15H25NO. The summed E-state index contributed by atoms with van der Waals surface area (Å²) in [6.07, 6.45) is 2.16. The molecule has 2 heteroatoms. The molecule has 0 atom stereocenters. The molecule has 0 spiro atoms. The van der Waals surface area contributed by atoms with Gasteiger partial charge in [-0.15, -0.1) is 0 Å². The van der Waals surface area contributed by atoms with Crippen molar-refractivity contribution < 1.29 is 4.74 Å². The normalized spacial score (nSPS) is 11.6. The Morgan fingerprint density at radius 2 is 1.94 bits per heavy atom. The first-order valence-electron chi connectivity index (χ1n) is 6.35. The molecule has 1 aromatic carbocycles. The summed E-state index contributed by atoms with van der Waals surface area (Å²) < 4.78 is 5.79. The van der Waals surface area contributed by atoms with Crippen molar-refractivity contribution in [3.8, 4) is 5.75 Å². The maximum absolute atomic E-state index is 5.79. The van der Waals surface area contributed by atoms with Crippen LogP contribution in [-0.4, -0.2) is 13.2 Å². The molecule has 0 aliphatic heterocycles. The van der Waals surface area contributed by atoms with E-state index < -0.39 is 0 Å². The second-order valence-electron chi connectivity index (χ2n) is 5.59. The molecule has 0 aliphatic carbocycles. The predicted octanol–water partition coefficient (Wildman–Crippen LogP) is 3.45. The van der Waals surface area contributed by atoms with Crippen molar-refractivity contribution in [2.75, 3.05) is 13.2 Å². The zero-order chi connectivity index (χ0) is 12.9. The van der Waals surface area contributed by atoms with Crippen LogP contribution >= 0.6 is 0 Å². The smallest absolute Gasteiger partial charge is 0.122 e. The molecule has 0 saturated heterocycles. The van der Waals surface area contributed by atoms with Crippen LogP contribution in [0.5, 0.6) is 5.75 Å². The Morgan fingerprint density at radius 3 is 2.53 bits per heavy atom. The standard InChI is InChI=1S/C15H25NO/c1-12-6-7-14(13(2)10-12)17-9-5-8-15(3,4)11-16/h6-7,10H,5,8-9,11,16H2,1-4H3. The van der Waals surface area contributed by atoms with E-state index in [0.29, 0.717) is 0 Å². The second kappa shape index (κ2) is 6.06. The molecular weight excluding hydrogens is 210 g/mol.